The Kier molecular flexibility index (Phi) is 9.06. The Balaban J connectivity index is 1.22. The Morgan fingerprint density at radius 1 is 1.09 bits per heavy atom. The minimum atomic E-state index is -2.13. The number of rotatable bonds is 9. The minimum Gasteiger partial charge on any atom is -0.419 e. The number of carbonyl (C=O) groups excluding carboxylic acids is 2. The van der Waals surface area contributed by atoms with E-state index in [4.69, 9.17) is 14.5 Å². The quantitative estimate of drug-likeness (QED) is 0.0983. The van der Waals surface area contributed by atoms with E-state index in [2.05, 4.69) is 46.8 Å². The van der Waals surface area contributed by atoms with E-state index in [0.717, 1.165) is 80.7 Å². The lowest BCUT2D eigenvalue weighted by molar-refractivity contribution is -0.309. The molecule has 9 heteroatoms. The highest BCUT2D eigenvalue weighted by Crippen LogP contribution is 2.72. The van der Waals surface area contributed by atoms with Crippen LogP contribution in [-0.2, 0) is 37.0 Å². The molecule has 3 aromatic rings. The van der Waals surface area contributed by atoms with Crippen LogP contribution >= 0.6 is 0 Å². The second-order valence-electron chi connectivity index (χ2n) is 19.9. The smallest absolute Gasteiger partial charge is 0.346 e. The average molecular weight is 777 g/mol. The molecule has 0 amide bonds. The number of ether oxygens (including phenoxy) is 2. The molecule has 2 aliphatic heterocycles. The van der Waals surface area contributed by atoms with Gasteiger partial charge in [0.2, 0.25) is 0 Å². The number of cyclic esters (lactones) is 1. The number of aromatic nitrogens is 2. The molecule has 3 saturated carbocycles. The molecule has 304 valence electrons. The van der Waals surface area contributed by atoms with Crippen LogP contribution in [0.2, 0.25) is 0 Å². The molecule has 0 spiro atoms. The first-order valence-electron chi connectivity index (χ1n) is 21.8. The minimum absolute atomic E-state index is 0.0292. The molecule has 0 bridgehead atoms. The van der Waals surface area contributed by atoms with Crippen LogP contribution in [0.4, 0.5) is 0 Å². The maximum Gasteiger partial charge on any atom is 0.346 e. The fraction of sp³-hybridized carbons (Fsp3) is 0.625. The van der Waals surface area contributed by atoms with E-state index in [9.17, 15) is 19.8 Å². The largest absolute Gasteiger partial charge is 0.419 e. The molecule has 4 aliphatic carbocycles. The zero-order chi connectivity index (χ0) is 40.3. The predicted octanol–water partition coefficient (Wildman–Crippen LogP) is 8.68. The standard InChI is InChI=1S/C48H60N2O7/c1-7-47(55)36-25-38-41-30(23-29-12-8-9-13-37(29)49-41)26-50(38)42(53)40(36)48(56-27-51,57-43(47)54)46(6,20-10-11-28(2)3)39-17-16-34-33-15-14-31-24-32(52)18-21-44(31,4)35(33)19-22-45(34,39)5/h8-9,12-14,23,25,27-28,32-35,39,52,55H,7,10-11,15-22,24,26H2,1-6H3/t32-,33-,34-,35-,39+,44-,45+,46+,47-,48?/m0/s1. The summed E-state index contributed by atoms with van der Waals surface area (Å²) in [4.78, 5) is 48.1. The Morgan fingerprint density at radius 2 is 1.88 bits per heavy atom. The second-order valence-corrected chi connectivity index (χ2v) is 19.9. The maximum atomic E-state index is 15.5. The van der Waals surface area contributed by atoms with Gasteiger partial charge in [0.25, 0.3) is 17.8 Å². The van der Waals surface area contributed by atoms with Gasteiger partial charge in [-0.3, -0.25) is 9.59 Å². The van der Waals surface area contributed by atoms with E-state index in [0.29, 0.717) is 48.0 Å². The molecule has 9 rings (SSSR count). The molecule has 1 unspecified atom stereocenters. The number of allylic oxidation sites excluding steroid dienone is 1. The monoisotopic (exact) mass is 776 g/mol. The van der Waals surface area contributed by atoms with Crippen molar-refractivity contribution in [2.45, 2.75) is 143 Å². The molecule has 57 heavy (non-hydrogen) atoms. The predicted molar refractivity (Wildman–Crippen MR) is 218 cm³/mol. The summed E-state index contributed by atoms with van der Waals surface area (Å²) in [6.07, 6.45) is 11.9. The van der Waals surface area contributed by atoms with Crippen molar-refractivity contribution in [1.29, 1.82) is 0 Å². The van der Waals surface area contributed by atoms with Crippen molar-refractivity contribution in [3.63, 3.8) is 0 Å². The molecule has 0 saturated heterocycles. The van der Waals surface area contributed by atoms with Gasteiger partial charge in [0, 0.05) is 16.5 Å². The molecule has 6 aliphatic rings. The first kappa shape index (κ1) is 38.7. The van der Waals surface area contributed by atoms with Crippen LogP contribution in [0.15, 0.2) is 52.8 Å². The summed E-state index contributed by atoms with van der Waals surface area (Å²) in [6.45, 7) is 13.7. The molecule has 1 aromatic carbocycles. The SMILES string of the molecule is CC[C@@]1(O)C(=O)OC(OC=O)([C@](C)(CCCC(C)C)[C@@H]2CC[C@H]3[C@@H]4CC=C5C[C@@H](O)CC[C@]5(C)[C@H]4CC[C@@]23C)c2c1cc1n(c2=O)Cc2cc3ccccc3nc2-1. The lowest BCUT2D eigenvalue weighted by atomic mass is 9.45. The van der Waals surface area contributed by atoms with Crippen LogP contribution in [0, 0.1) is 45.8 Å². The fourth-order valence-electron chi connectivity index (χ4n) is 13.8. The second kappa shape index (κ2) is 13.4. The summed E-state index contributed by atoms with van der Waals surface area (Å²) in [7, 11) is 0. The highest BCUT2D eigenvalue weighted by atomic mass is 16.7. The Labute approximate surface area is 336 Å². The van der Waals surface area contributed by atoms with Crippen molar-refractivity contribution in [3.8, 4) is 11.4 Å². The van der Waals surface area contributed by atoms with Gasteiger partial charge in [-0.1, -0.05) is 84.2 Å². The van der Waals surface area contributed by atoms with Gasteiger partial charge in [-0.05, 0) is 123 Å². The highest BCUT2D eigenvalue weighted by Gasteiger charge is 2.71. The summed E-state index contributed by atoms with van der Waals surface area (Å²) < 4.78 is 14.6. The van der Waals surface area contributed by atoms with Gasteiger partial charge in [-0.15, -0.1) is 0 Å². The van der Waals surface area contributed by atoms with Crippen LogP contribution in [0.5, 0.6) is 0 Å². The van der Waals surface area contributed by atoms with Gasteiger partial charge in [0.1, 0.15) is 5.56 Å². The number of hydrogen-bond acceptors (Lipinski definition) is 8. The molecule has 10 atom stereocenters. The number of nitrogens with zero attached hydrogens (tertiary/aromatic N) is 2. The summed E-state index contributed by atoms with van der Waals surface area (Å²) in [6, 6.07) is 11.6. The van der Waals surface area contributed by atoms with E-state index in [1.165, 1.54) is 5.57 Å². The van der Waals surface area contributed by atoms with Crippen molar-refractivity contribution in [2.24, 2.45) is 45.8 Å². The number of para-hydroxylation sites is 1. The lowest BCUT2D eigenvalue weighted by Gasteiger charge is -2.61. The molecule has 2 aromatic heterocycles. The van der Waals surface area contributed by atoms with Gasteiger partial charge in [-0.25, -0.2) is 9.78 Å². The average Bonchev–Trinajstić information content (AvgIpc) is 3.73. The third kappa shape index (κ3) is 5.32. The number of fused-ring (bicyclic) bond motifs is 10. The van der Waals surface area contributed by atoms with Crippen molar-refractivity contribution < 1.29 is 29.3 Å². The topological polar surface area (TPSA) is 128 Å². The number of esters is 1. The Bertz CT molecular complexity index is 2240. The van der Waals surface area contributed by atoms with Crippen molar-refractivity contribution in [2.75, 3.05) is 0 Å². The molecule has 9 nitrogen and oxygen atoms in total. The normalized spacial score (nSPS) is 36.2. The summed E-state index contributed by atoms with van der Waals surface area (Å²) >= 11 is 0. The van der Waals surface area contributed by atoms with Gasteiger partial charge in [0.05, 0.1) is 35.0 Å². The van der Waals surface area contributed by atoms with Crippen LogP contribution < -0.4 is 5.56 Å². The number of aliphatic hydroxyl groups excluding tert-OH is 1. The van der Waals surface area contributed by atoms with Crippen molar-refractivity contribution in [1.82, 2.24) is 9.55 Å². The molecular formula is C48H60N2O7. The molecule has 2 N–H and O–H groups in total. The van der Waals surface area contributed by atoms with Crippen molar-refractivity contribution in [3.05, 3.63) is 75.1 Å². The number of pyridine rings is 2. The molecular weight excluding hydrogens is 717 g/mol. The van der Waals surface area contributed by atoms with Crippen molar-refractivity contribution >= 4 is 23.3 Å². The summed E-state index contributed by atoms with van der Waals surface area (Å²) in [5, 5.41) is 23.9. The van der Waals surface area contributed by atoms with E-state index in [1.54, 1.807) is 17.6 Å². The van der Waals surface area contributed by atoms with Crippen LogP contribution in [0.25, 0.3) is 22.3 Å². The van der Waals surface area contributed by atoms with E-state index in [1.807, 2.05) is 24.3 Å². The zero-order valence-electron chi connectivity index (χ0n) is 34.6. The fourth-order valence-corrected chi connectivity index (χ4v) is 13.8. The Hall–Kier alpha value is -3.82. The number of hydrogen-bond donors (Lipinski definition) is 2. The van der Waals surface area contributed by atoms with Gasteiger partial charge in [-0.2, -0.15) is 0 Å². The van der Waals surface area contributed by atoms with Gasteiger partial charge in [0.15, 0.2) is 5.60 Å². The van der Waals surface area contributed by atoms with Gasteiger partial charge >= 0.3 is 5.97 Å². The Morgan fingerprint density at radius 3 is 2.63 bits per heavy atom. The third-order valence-corrected chi connectivity index (χ3v) is 16.8. The van der Waals surface area contributed by atoms with E-state index >= 15 is 4.79 Å². The van der Waals surface area contributed by atoms with E-state index in [-0.39, 0.29) is 46.9 Å². The maximum absolute atomic E-state index is 15.5. The third-order valence-electron chi connectivity index (χ3n) is 16.8. The van der Waals surface area contributed by atoms with Gasteiger partial charge < -0.3 is 24.3 Å². The number of aliphatic hydroxyl groups is 2. The number of carbonyl (C=O) groups is 2. The first-order chi connectivity index (χ1) is 27.1. The molecule has 3 fully saturated rings. The molecule has 0 radical (unpaired) electrons. The summed E-state index contributed by atoms with van der Waals surface area (Å²) in [5.74, 6) is -1.23. The van der Waals surface area contributed by atoms with Crippen LogP contribution in [0.3, 0.4) is 0 Å². The first-order valence-corrected chi connectivity index (χ1v) is 21.8. The lowest BCUT2D eigenvalue weighted by Crippen LogP contribution is -2.64. The van der Waals surface area contributed by atoms with E-state index < -0.39 is 28.3 Å². The summed E-state index contributed by atoms with van der Waals surface area (Å²) in [5.41, 5.74) is 0.790. The molecule has 4 heterocycles. The highest BCUT2D eigenvalue weighted by molar-refractivity contribution is 5.87. The van der Waals surface area contributed by atoms with Crippen LogP contribution in [-0.4, -0.2) is 38.3 Å². The van der Waals surface area contributed by atoms with Crippen LogP contribution in [0.1, 0.15) is 135 Å². The zero-order valence-corrected chi connectivity index (χ0v) is 34.6. The number of benzene rings is 1.